The summed E-state index contributed by atoms with van der Waals surface area (Å²) in [5.41, 5.74) is 8.06. The topological polar surface area (TPSA) is 37.3 Å². The minimum atomic E-state index is -0.633. The van der Waals surface area contributed by atoms with E-state index in [0.29, 0.717) is 12.0 Å². The highest BCUT2D eigenvalue weighted by molar-refractivity contribution is 8.00. The summed E-state index contributed by atoms with van der Waals surface area (Å²) in [6.07, 6.45) is 4.79. The Kier molecular flexibility index (Phi) is 5.01. The maximum Gasteiger partial charge on any atom is 0.261 e. The molecule has 1 fully saturated rings. The zero-order valence-corrected chi connectivity index (χ0v) is 17.2. The van der Waals surface area contributed by atoms with Crippen molar-refractivity contribution in [3.05, 3.63) is 35.0 Å². The van der Waals surface area contributed by atoms with Crippen LogP contribution in [0.2, 0.25) is 0 Å². The van der Waals surface area contributed by atoms with Crippen LogP contribution in [0.5, 0.6) is 0 Å². The molecule has 1 saturated heterocycles. The molecule has 0 saturated carbocycles. The van der Waals surface area contributed by atoms with Crippen LogP contribution in [0.25, 0.3) is 10.9 Å². The quantitative estimate of drug-likeness (QED) is 0.551. The van der Waals surface area contributed by atoms with Gasteiger partial charge in [-0.05, 0) is 62.9 Å². The second-order valence-corrected chi connectivity index (χ2v) is 8.99. The monoisotopic (exact) mass is 389 g/mol. The number of nitrogens with zero attached hydrogens (tertiary/aromatic N) is 2. The van der Waals surface area contributed by atoms with Crippen molar-refractivity contribution in [3.8, 4) is 0 Å². The maximum absolute atomic E-state index is 12.2. The minimum absolute atomic E-state index is 0.196. The summed E-state index contributed by atoms with van der Waals surface area (Å²) >= 11 is 8.30. The first-order chi connectivity index (χ1) is 12.5. The molecule has 2 heterocycles. The molecule has 1 N–H and O–H groups in total. The van der Waals surface area contributed by atoms with Crippen LogP contribution in [0.3, 0.4) is 0 Å². The third kappa shape index (κ3) is 2.86. The van der Waals surface area contributed by atoms with E-state index >= 15 is 0 Å². The Labute approximate surface area is 166 Å². The molecular formula is C20H27N3OS2. The lowest BCUT2D eigenvalue weighted by Gasteiger charge is -2.44. The van der Waals surface area contributed by atoms with Gasteiger partial charge < -0.3 is 0 Å². The van der Waals surface area contributed by atoms with Gasteiger partial charge in [0.25, 0.3) is 5.91 Å². The molecule has 4 rings (SSSR count). The van der Waals surface area contributed by atoms with Crippen molar-refractivity contribution in [2.75, 3.05) is 18.5 Å². The largest absolute Gasteiger partial charge is 0.299 e. The van der Waals surface area contributed by atoms with Gasteiger partial charge in [0, 0.05) is 23.0 Å². The van der Waals surface area contributed by atoms with Crippen molar-refractivity contribution in [2.45, 2.75) is 56.1 Å². The van der Waals surface area contributed by atoms with E-state index in [1.807, 2.05) is 4.68 Å². The summed E-state index contributed by atoms with van der Waals surface area (Å²) in [7, 11) is 0. The zero-order chi connectivity index (χ0) is 18.4. The van der Waals surface area contributed by atoms with E-state index in [1.54, 1.807) is 0 Å². The van der Waals surface area contributed by atoms with Gasteiger partial charge in [0.15, 0.2) is 0 Å². The SMILES string of the molecule is CCCN1CCC[C@@H]2c3cccc4c3c(c(C)n4NC(=O)C(S)S)C[C@H]21. The molecule has 26 heavy (non-hydrogen) atoms. The van der Waals surface area contributed by atoms with Gasteiger partial charge >= 0.3 is 0 Å². The number of thiol groups is 2. The Hall–Kier alpha value is -1.11. The zero-order valence-electron chi connectivity index (χ0n) is 15.4. The maximum atomic E-state index is 12.2. The van der Waals surface area contributed by atoms with E-state index in [0.717, 1.165) is 17.6 Å². The van der Waals surface area contributed by atoms with Crippen molar-refractivity contribution in [3.63, 3.8) is 0 Å². The number of amides is 1. The van der Waals surface area contributed by atoms with Crippen molar-refractivity contribution >= 4 is 42.1 Å². The molecule has 1 aromatic heterocycles. The van der Waals surface area contributed by atoms with Crippen molar-refractivity contribution in [1.82, 2.24) is 9.58 Å². The normalized spacial score (nSPS) is 22.7. The second-order valence-electron chi connectivity index (χ2n) is 7.55. The van der Waals surface area contributed by atoms with Crippen LogP contribution in [0, 0.1) is 6.92 Å². The highest BCUT2D eigenvalue weighted by atomic mass is 32.2. The Morgan fingerprint density at radius 3 is 2.92 bits per heavy atom. The molecule has 0 radical (unpaired) electrons. The molecule has 1 aliphatic heterocycles. The van der Waals surface area contributed by atoms with Gasteiger partial charge in [-0.1, -0.05) is 19.1 Å². The highest BCUT2D eigenvalue weighted by Gasteiger charge is 2.38. The number of nitrogens with one attached hydrogen (secondary N) is 1. The first-order valence-corrected chi connectivity index (χ1v) is 10.6. The summed E-state index contributed by atoms with van der Waals surface area (Å²) in [5, 5.41) is 1.35. The van der Waals surface area contributed by atoms with Crippen molar-refractivity contribution < 1.29 is 4.79 Å². The highest BCUT2D eigenvalue weighted by Crippen LogP contribution is 2.45. The average molecular weight is 390 g/mol. The lowest BCUT2D eigenvalue weighted by atomic mass is 9.74. The Bertz CT molecular complexity index is 843. The number of hydrogen-bond donors (Lipinski definition) is 3. The molecule has 2 aromatic rings. The van der Waals surface area contributed by atoms with E-state index in [9.17, 15) is 4.79 Å². The van der Waals surface area contributed by atoms with E-state index in [4.69, 9.17) is 0 Å². The number of rotatable bonds is 4. The fourth-order valence-corrected chi connectivity index (χ4v) is 5.09. The van der Waals surface area contributed by atoms with Crippen LogP contribution < -0.4 is 5.43 Å². The lowest BCUT2D eigenvalue weighted by molar-refractivity contribution is -0.115. The third-order valence-electron chi connectivity index (χ3n) is 6.06. The van der Waals surface area contributed by atoms with E-state index in [2.05, 4.69) is 67.6 Å². The third-order valence-corrected chi connectivity index (χ3v) is 6.53. The second kappa shape index (κ2) is 7.13. The molecule has 1 amide bonds. The molecule has 1 aromatic carbocycles. The molecule has 0 bridgehead atoms. The van der Waals surface area contributed by atoms with Gasteiger partial charge in [-0.2, -0.15) is 25.3 Å². The van der Waals surface area contributed by atoms with E-state index in [-0.39, 0.29) is 5.91 Å². The van der Waals surface area contributed by atoms with E-state index < -0.39 is 4.58 Å². The van der Waals surface area contributed by atoms with Crippen molar-refractivity contribution in [1.29, 1.82) is 0 Å². The summed E-state index contributed by atoms with van der Waals surface area (Å²) in [6.45, 7) is 6.75. The number of fused-ring (bicyclic) bond motifs is 2. The molecule has 140 valence electrons. The summed E-state index contributed by atoms with van der Waals surface area (Å²) in [6, 6.07) is 7.11. The van der Waals surface area contributed by atoms with E-state index in [1.165, 1.54) is 48.9 Å². The fraction of sp³-hybridized carbons (Fsp3) is 0.550. The number of benzene rings is 1. The number of carbonyl (C=O) groups is 1. The standard InChI is InChI=1S/C20H27N3OS2/c1-3-9-22-10-5-7-13-14-6-4-8-16-18(14)15(11-17(13)22)12(2)23(16)21-19(24)20(25)26/h4,6,8,13,17,20,25-26H,3,5,7,9-11H2,1-2H3,(H,21,24)/t13-,17-/m1/s1. The van der Waals surface area contributed by atoms with Crippen LogP contribution in [0.4, 0.5) is 0 Å². The fourth-order valence-electron chi connectivity index (χ4n) is 4.98. The molecule has 1 aliphatic carbocycles. The predicted molar refractivity (Wildman–Crippen MR) is 114 cm³/mol. The van der Waals surface area contributed by atoms with Crippen LogP contribution in [0.1, 0.15) is 48.9 Å². The van der Waals surface area contributed by atoms with Gasteiger partial charge in [0.05, 0.1) is 5.52 Å². The van der Waals surface area contributed by atoms with Gasteiger partial charge in [-0.3, -0.25) is 19.8 Å². The number of carbonyl (C=O) groups excluding carboxylic acids is 1. The molecule has 2 atom stereocenters. The molecular weight excluding hydrogens is 362 g/mol. The van der Waals surface area contributed by atoms with Crippen LogP contribution in [-0.2, 0) is 11.2 Å². The molecule has 0 spiro atoms. The molecule has 4 nitrogen and oxygen atoms in total. The average Bonchev–Trinajstić information content (AvgIpc) is 2.90. The van der Waals surface area contributed by atoms with Crippen molar-refractivity contribution in [2.24, 2.45) is 0 Å². The smallest absolute Gasteiger partial charge is 0.261 e. The Morgan fingerprint density at radius 2 is 2.19 bits per heavy atom. The molecule has 2 aliphatic rings. The minimum Gasteiger partial charge on any atom is -0.299 e. The van der Waals surface area contributed by atoms with Gasteiger partial charge in [0.2, 0.25) is 0 Å². The molecule has 0 unspecified atom stereocenters. The van der Waals surface area contributed by atoms with Gasteiger partial charge in [-0.15, -0.1) is 0 Å². The first-order valence-electron chi connectivity index (χ1n) is 9.56. The number of likely N-dealkylation sites (tertiary alicyclic amines) is 1. The summed E-state index contributed by atoms with van der Waals surface area (Å²) < 4.78 is 1.31. The first kappa shape index (κ1) is 18.3. The molecule has 6 heteroatoms. The lowest BCUT2D eigenvalue weighted by Crippen LogP contribution is -2.47. The predicted octanol–water partition coefficient (Wildman–Crippen LogP) is 3.72. The van der Waals surface area contributed by atoms with Gasteiger partial charge in [-0.25, -0.2) is 0 Å². The van der Waals surface area contributed by atoms with Gasteiger partial charge in [0.1, 0.15) is 4.58 Å². The Balaban J connectivity index is 1.82. The van der Waals surface area contributed by atoms with Crippen LogP contribution in [0.15, 0.2) is 18.2 Å². The number of piperidine rings is 1. The number of aromatic nitrogens is 1. The Morgan fingerprint density at radius 1 is 1.38 bits per heavy atom. The summed E-state index contributed by atoms with van der Waals surface area (Å²) in [5.74, 6) is 0.401. The number of hydrogen-bond acceptors (Lipinski definition) is 4. The summed E-state index contributed by atoms with van der Waals surface area (Å²) in [4.78, 5) is 14.9. The van der Waals surface area contributed by atoms with Crippen LogP contribution >= 0.6 is 25.3 Å². The van der Waals surface area contributed by atoms with Crippen LogP contribution in [-0.4, -0.2) is 39.2 Å².